The SMILES string of the molecule is CN1C(=O)C(NC(=O)c2ncc(Cl)c(-c3ccc(F)c(F)c3)n2)COc2cc(Cl)cnc21. The van der Waals surface area contributed by atoms with Gasteiger partial charge in [-0.2, -0.15) is 0 Å². The highest BCUT2D eigenvalue weighted by Gasteiger charge is 2.32. The van der Waals surface area contributed by atoms with Crippen molar-refractivity contribution in [3.63, 3.8) is 0 Å². The van der Waals surface area contributed by atoms with Gasteiger partial charge in [0, 0.05) is 24.9 Å². The average molecular weight is 480 g/mol. The molecule has 3 aromatic rings. The molecule has 1 unspecified atom stereocenters. The van der Waals surface area contributed by atoms with Crippen LogP contribution in [0, 0.1) is 11.6 Å². The molecule has 1 N–H and O–H groups in total. The van der Waals surface area contributed by atoms with Gasteiger partial charge in [-0.25, -0.2) is 23.7 Å². The lowest BCUT2D eigenvalue weighted by Gasteiger charge is -2.19. The molecule has 1 atom stereocenters. The van der Waals surface area contributed by atoms with E-state index in [2.05, 4.69) is 20.3 Å². The van der Waals surface area contributed by atoms with Crippen LogP contribution in [0.15, 0.2) is 36.7 Å². The number of nitrogens with one attached hydrogen (secondary N) is 1. The minimum absolute atomic E-state index is 0.0255. The highest BCUT2D eigenvalue weighted by atomic mass is 35.5. The number of amides is 2. The first-order valence-corrected chi connectivity index (χ1v) is 9.85. The molecule has 3 heterocycles. The highest BCUT2D eigenvalue weighted by Crippen LogP contribution is 2.31. The molecule has 0 fully saturated rings. The maximum absolute atomic E-state index is 13.6. The summed E-state index contributed by atoms with van der Waals surface area (Å²) in [4.78, 5) is 38.8. The Morgan fingerprint density at radius 3 is 2.72 bits per heavy atom. The predicted molar refractivity (Wildman–Crippen MR) is 112 cm³/mol. The van der Waals surface area contributed by atoms with Crippen LogP contribution in [-0.4, -0.2) is 46.5 Å². The van der Waals surface area contributed by atoms with E-state index < -0.39 is 29.5 Å². The van der Waals surface area contributed by atoms with Gasteiger partial charge >= 0.3 is 0 Å². The fraction of sp³-hybridized carbons (Fsp3) is 0.150. The van der Waals surface area contributed by atoms with Crippen LogP contribution in [0.2, 0.25) is 10.0 Å². The quantitative estimate of drug-likeness (QED) is 0.618. The number of rotatable bonds is 3. The van der Waals surface area contributed by atoms with Gasteiger partial charge in [-0.15, -0.1) is 0 Å². The third-order valence-corrected chi connectivity index (χ3v) is 5.08. The lowest BCUT2D eigenvalue weighted by atomic mass is 10.1. The van der Waals surface area contributed by atoms with E-state index in [0.29, 0.717) is 5.02 Å². The number of hydrogen-bond acceptors (Lipinski definition) is 6. The summed E-state index contributed by atoms with van der Waals surface area (Å²) in [5.74, 6) is -3.20. The van der Waals surface area contributed by atoms with E-state index >= 15 is 0 Å². The zero-order valence-corrected chi connectivity index (χ0v) is 17.8. The number of likely N-dealkylation sites (N-methyl/N-ethyl adjacent to an activating group) is 1. The number of carbonyl (C=O) groups is 2. The van der Waals surface area contributed by atoms with Crippen molar-refractivity contribution in [3.8, 4) is 17.0 Å². The van der Waals surface area contributed by atoms with Crippen molar-refractivity contribution >= 4 is 40.8 Å². The Bertz CT molecular complexity index is 1240. The minimum atomic E-state index is -1.10. The molecule has 12 heteroatoms. The van der Waals surface area contributed by atoms with Crippen molar-refractivity contribution in [2.24, 2.45) is 0 Å². The second-order valence-electron chi connectivity index (χ2n) is 6.73. The summed E-state index contributed by atoms with van der Waals surface area (Å²) >= 11 is 12.0. The monoisotopic (exact) mass is 479 g/mol. The van der Waals surface area contributed by atoms with Crippen LogP contribution in [0.4, 0.5) is 14.6 Å². The molecule has 0 bridgehead atoms. The van der Waals surface area contributed by atoms with Crippen LogP contribution < -0.4 is 15.0 Å². The zero-order valence-electron chi connectivity index (χ0n) is 16.3. The van der Waals surface area contributed by atoms with Crippen LogP contribution in [0.1, 0.15) is 10.6 Å². The number of pyridine rings is 1. The van der Waals surface area contributed by atoms with Crippen LogP contribution in [0.25, 0.3) is 11.3 Å². The normalized spacial score (nSPS) is 15.6. The van der Waals surface area contributed by atoms with E-state index in [1.165, 1.54) is 30.3 Å². The molecule has 1 aromatic carbocycles. The first kappa shape index (κ1) is 21.8. The number of nitrogens with zero attached hydrogens (tertiary/aromatic N) is 4. The van der Waals surface area contributed by atoms with Gasteiger partial charge in [0.15, 0.2) is 23.2 Å². The van der Waals surface area contributed by atoms with Crippen molar-refractivity contribution in [2.75, 3.05) is 18.6 Å². The Hall–Kier alpha value is -3.37. The van der Waals surface area contributed by atoms with Crippen LogP contribution >= 0.6 is 23.2 Å². The van der Waals surface area contributed by atoms with E-state index in [0.717, 1.165) is 18.3 Å². The Morgan fingerprint density at radius 2 is 1.97 bits per heavy atom. The minimum Gasteiger partial charge on any atom is -0.487 e. The van der Waals surface area contributed by atoms with Gasteiger partial charge in [0.1, 0.15) is 12.6 Å². The standard InChI is InChI=1S/C20H13Cl2F2N5O3/c1-29-18-15(5-10(21)6-26-18)32-8-14(20(29)31)27-19(30)17-25-7-11(22)16(28-17)9-2-3-12(23)13(24)4-9/h2-7,14H,8H2,1H3,(H,27,30). The molecule has 0 saturated carbocycles. The lowest BCUT2D eigenvalue weighted by molar-refractivity contribution is -0.120. The number of hydrogen-bond donors (Lipinski definition) is 1. The summed E-state index contributed by atoms with van der Waals surface area (Å²) in [6.45, 7) is -0.187. The first-order chi connectivity index (χ1) is 15.2. The van der Waals surface area contributed by atoms with E-state index in [9.17, 15) is 18.4 Å². The van der Waals surface area contributed by atoms with Crippen LogP contribution in [0.3, 0.4) is 0 Å². The number of fused-ring (bicyclic) bond motifs is 1. The van der Waals surface area contributed by atoms with E-state index in [-0.39, 0.29) is 40.3 Å². The molecule has 0 aliphatic carbocycles. The van der Waals surface area contributed by atoms with Crippen molar-refractivity contribution in [2.45, 2.75) is 6.04 Å². The zero-order chi connectivity index (χ0) is 23.0. The molecule has 1 aliphatic rings. The summed E-state index contributed by atoms with van der Waals surface area (Å²) in [5, 5.41) is 2.86. The van der Waals surface area contributed by atoms with Gasteiger partial charge in [0.05, 0.1) is 21.9 Å². The predicted octanol–water partition coefficient (Wildman–Crippen LogP) is 3.28. The molecule has 0 radical (unpaired) electrons. The Kier molecular flexibility index (Phi) is 5.90. The number of halogens is 4. The molecule has 1 aliphatic heterocycles. The summed E-state index contributed by atoms with van der Waals surface area (Å²) in [6.07, 6.45) is 2.52. The van der Waals surface area contributed by atoms with Gasteiger partial charge in [-0.3, -0.25) is 14.5 Å². The molecule has 0 spiro atoms. The van der Waals surface area contributed by atoms with Gasteiger partial charge < -0.3 is 10.1 Å². The van der Waals surface area contributed by atoms with Gasteiger partial charge in [-0.1, -0.05) is 23.2 Å². The van der Waals surface area contributed by atoms with Gasteiger partial charge in [0.25, 0.3) is 11.8 Å². The average Bonchev–Trinajstić information content (AvgIpc) is 2.88. The molecule has 164 valence electrons. The third kappa shape index (κ3) is 4.19. The maximum atomic E-state index is 13.6. The second-order valence-corrected chi connectivity index (χ2v) is 7.57. The number of benzene rings is 1. The Morgan fingerprint density at radius 1 is 1.19 bits per heavy atom. The Balaban J connectivity index is 1.58. The van der Waals surface area contributed by atoms with Crippen LogP contribution in [-0.2, 0) is 4.79 Å². The van der Waals surface area contributed by atoms with Gasteiger partial charge in [-0.05, 0) is 18.2 Å². The maximum Gasteiger partial charge on any atom is 0.289 e. The molecule has 32 heavy (non-hydrogen) atoms. The third-order valence-electron chi connectivity index (χ3n) is 4.60. The molecule has 4 rings (SSSR count). The molecular weight excluding hydrogens is 467 g/mol. The summed E-state index contributed by atoms with van der Waals surface area (Å²) in [5.41, 5.74) is 0.176. The fourth-order valence-corrected chi connectivity index (χ4v) is 3.35. The number of anilines is 1. The van der Waals surface area contributed by atoms with Crippen LogP contribution in [0.5, 0.6) is 5.75 Å². The van der Waals surface area contributed by atoms with Crippen molar-refractivity contribution in [3.05, 3.63) is 64.2 Å². The highest BCUT2D eigenvalue weighted by molar-refractivity contribution is 6.33. The Labute approximate surface area is 190 Å². The molecule has 0 saturated heterocycles. The molecule has 2 amide bonds. The fourth-order valence-electron chi connectivity index (χ4n) is 3.00. The van der Waals surface area contributed by atoms with Crippen molar-refractivity contribution in [1.29, 1.82) is 0 Å². The van der Waals surface area contributed by atoms with Gasteiger partial charge in [0.2, 0.25) is 5.82 Å². The lowest BCUT2D eigenvalue weighted by Crippen LogP contribution is -2.49. The second kappa shape index (κ2) is 8.64. The van der Waals surface area contributed by atoms with E-state index in [1.807, 2.05) is 0 Å². The number of carbonyl (C=O) groups excluding carboxylic acids is 2. The van der Waals surface area contributed by atoms with Crippen molar-refractivity contribution in [1.82, 2.24) is 20.3 Å². The van der Waals surface area contributed by atoms with Crippen molar-refractivity contribution < 1.29 is 23.1 Å². The first-order valence-electron chi connectivity index (χ1n) is 9.09. The summed E-state index contributed by atoms with van der Waals surface area (Å²) in [7, 11) is 1.48. The molecule has 8 nitrogen and oxygen atoms in total. The number of ether oxygens (including phenoxy) is 1. The van der Waals surface area contributed by atoms with E-state index in [4.69, 9.17) is 27.9 Å². The van der Waals surface area contributed by atoms with E-state index in [1.54, 1.807) is 0 Å². The largest absolute Gasteiger partial charge is 0.487 e. The molecule has 2 aromatic heterocycles. The topological polar surface area (TPSA) is 97.3 Å². The smallest absolute Gasteiger partial charge is 0.289 e. The summed E-state index contributed by atoms with van der Waals surface area (Å²) < 4.78 is 32.4. The molecular formula is C20H13Cl2F2N5O3. The summed E-state index contributed by atoms with van der Waals surface area (Å²) in [6, 6.07) is 3.51. The number of aromatic nitrogens is 3.